The molecule has 0 aliphatic carbocycles. The summed E-state index contributed by atoms with van der Waals surface area (Å²) in [5.74, 6) is -0.0128. The summed E-state index contributed by atoms with van der Waals surface area (Å²) in [7, 11) is 0. The number of para-hydroxylation sites is 2. The number of thiazole rings is 1. The Morgan fingerprint density at radius 2 is 2.23 bits per heavy atom. The lowest BCUT2D eigenvalue weighted by molar-refractivity contribution is -0.117. The molecule has 3 rings (SSSR count). The molecule has 1 aromatic heterocycles. The molecular weight excluding hydrogens is 298 g/mol. The van der Waals surface area contributed by atoms with Crippen molar-refractivity contribution in [3.63, 3.8) is 0 Å². The number of anilines is 2. The van der Waals surface area contributed by atoms with E-state index in [1.165, 1.54) is 11.3 Å². The highest BCUT2D eigenvalue weighted by atomic mass is 32.1. The van der Waals surface area contributed by atoms with E-state index in [1.807, 2.05) is 36.6 Å². The third kappa shape index (κ3) is 3.17. The molecule has 5 nitrogen and oxygen atoms in total. The standard InChI is InChI=1S/C16H17N3O2S/c1-11-17-12(10-22-11)9-15(20)18-13-5-2-3-6-14(13)19-8-4-7-16(19)21/h2-3,5-6,10H,4,7-9H2,1H3,(H,18,20). The van der Waals surface area contributed by atoms with Gasteiger partial charge in [0.1, 0.15) is 0 Å². The van der Waals surface area contributed by atoms with Gasteiger partial charge in [-0.1, -0.05) is 12.1 Å². The number of hydrogen-bond acceptors (Lipinski definition) is 4. The number of hydrogen-bond donors (Lipinski definition) is 1. The van der Waals surface area contributed by atoms with Crippen LogP contribution in [0.3, 0.4) is 0 Å². The van der Waals surface area contributed by atoms with Gasteiger partial charge in [-0.2, -0.15) is 0 Å². The fourth-order valence-electron chi connectivity index (χ4n) is 2.57. The molecule has 0 radical (unpaired) electrons. The van der Waals surface area contributed by atoms with Crippen LogP contribution in [-0.2, 0) is 16.0 Å². The molecule has 2 heterocycles. The van der Waals surface area contributed by atoms with E-state index in [0.717, 1.165) is 22.8 Å². The lowest BCUT2D eigenvalue weighted by Gasteiger charge is -2.19. The molecule has 2 aromatic rings. The van der Waals surface area contributed by atoms with Gasteiger partial charge in [0.05, 0.1) is 28.5 Å². The van der Waals surface area contributed by atoms with Gasteiger partial charge in [-0.25, -0.2) is 4.98 Å². The maximum Gasteiger partial charge on any atom is 0.230 e. The summed E-state index contributed by atoms with van der Waals surface area (Å²) in [5, 5.41) is 5.74. The van der Waals surface area contributed by atoms with Crippen LogP contribution in [-0.4, -0.2) is 23.3 Å². The number of rotatable bonds is 4. The second kappa shape index (κ2) is 6.27. The van der Waals surface area contributed by atoms with Crippen LogP contribution >= 0.6 is 11.3 Å². The van der Waals surface area contributed by atoms with Crippen molar-refractivity contribution in [2.45, 2.75) is 26.2 Å². The Bertz CT molecular complexity index is 711. The highest BCUT2D eigenvalue weighted by Gasteiger charge is 2.24. The number of amides is 2. The third-order valence-electron chi connectivity index (χ3n) is 3.55. The maximum atomic E-state index is 12.2. The molecule has 0 saturated carbocycles. The predicted molar refractivity (Wildman–Crippen MR) is 87.2 cm³/mol. The molecule has 2 amide bonds. The number of carbonyl (C=O) groups excluding carboxylic acids is 2. The van der Waals surface area contributed by atoms with E-state index in [0.29, 0.717) is 18.7 Å². The molecule has 1 N–H and O–H groups in total. The summed E-state index contributed by atoms with van der Waals surface area (Å²) >= 11 is 1.53. The first-order chi connectivity index (χ1) is 10.6. The number of aromatic nitrogens is 1. The van der Waals surface area contributed by atoms with Crippen molar-refractivity contribution >= 4 is 34.5 Å². The minimum absolute atomic E-state index is 0.108. The zero-order valence-corrected chi connectivity index (χ0v) is 13.2. The van der Waals surface area contributed by atoms with Crippen LogP contribution in [0.2, 0.25) is 0 Å². The van der Waals surface area contributed by atoms with E-state index in [1.54, 1.807) is 4.90 Å². The first-order valence-corrected chi connectivity index (χ1v) is 8.12. The molecule has 1 saturated heterocycles. The van der Waals surface area contributed by atoms with Crippen molar-refractivity contribution in [3.8, 4) is 0 Å². The Labute approximate surface area is 133 Å². The van der Waals surface area contributed by atoms with Crippen LogP contribution in [0.5, 0.6) is 0 Å². The average Bonchev–Trinajstić information content (AvgIpc) is 3.08. The van der Waals surface area contributed by atoms with Crippen molar-refractivity contribution in [1.82, 2.24) is 4.98 Å². The van der Waals surface area contributed by atoms with Gasteiger partial charge in [-0.15, -0.1) is 11.3 Å². The molecule has 0 spiro atoms. The van der Waals surface area contributed by atoms with E-state index in [4.69, 9.17) is 0 Å². The number of benzene rings is 1. The van der Waals surface area contributed by atoms with Crippen LogP contribution in [0, 0.1) is 6.92 Å². The maximum absolute atomic E-state index is 12.2. The Hall–Kier alpha value is -2.21. The van der Waals surface area contributed by atoms with Crippen molar-refractivity contribution in [1.29, 1.82) is 0 Å². The van der Waals surface area contributed by atoms with Crippen LogP contribution in [0.4, 0.5) is 11.4 Å². The molecule has 0 unspecified atom stereocenters. The SMILES string of the molecule is Cc1nc(CC(=O)Nc2ccccc2N2CCCC2=O)cs1. The average molecular weight is 315 g/mol. The van der Waals surface area contributed by atoms with Crippen LogP contribution in [0.15, 0.2) is 29.6 Å². The summed E-state index contributed by atoms with van der Waals surface area (Å²) in [5.41, 5.74) is 2.22. The molecule has 1 aliphatic rings. The Kier molecular flexibility index (Phi) is 4.20. The van der Waals surface area contributed by atoms with Gasteiger partial charge in [0, 0.05) is 18.3 Å². The number of nitrogens with zero attached hydrogens (tertiary/aromatic N) is 2. The third-order valence-corrected chi connectivity index (χ3v) is 4.37. The lowest BCUT2D eigenvalue weighted by Crippen LogP contribution is -2.26. The summed E-state index contributed by atoms with van der Waals surface area (Å²) in [4.78, 5) is 30.1. The zero-order valence-electron chi connectivity index (χ0n) is 12.3. The normalized spacial score (nSPS) is 14.4. The summed E-state index contributed by atoms with van der Waals surface area (Å²) in [6, 6.07) is 7.42. The molecule has 0 bridgehead atoms. The van der Waals surface area contributed by atoms with Crippen LogP contribution in [0.25, 0.3) is 0 Å². The number of nitrogens with one attached hydrogen (secondary N) is 1. The van der Waals surface area contributed by atoms with Crippen molar-refractivity contribution in [3.05, 3.63) is 40.3 Å². The molecule has 114 valence electrons. The van der Waals surface area contributed by atoms with Crippen molar-refractivity contribution < 1.29 is 9.59 Å². The van der Waals surface area contributed by atoms with Gasteiger partial charge in [0.15, 0.2) is 0 Å². The first kappa shape index (κ1) is 14.7. The van der Waals surface area contributed by atoms with Gasteiger partial charge >= 0.3 is 0 Å². The van der Waals surface area contributed by atoms with Gasteiger partial charge in [0.25, 0.3) is 0 Å². The Morgan fingerprint density at radius 3 is 2.91 bits per heavy atom. The predicted octanol–water partition coefficient (Wildman–Crippen LogP) is 2.76. The van der Waals surface area contributed by atoms with Crippen LogP contribution < -0.4 is 10.2 Å². The van der Waals surface area contributed by atoms with Crippen LogP contribution in [0.1, 0.15) is 23.5 Å². The largest absolute Gasteiger partial charge is 0.324 e. The monoisotopic (exact) mass is 315 g/mol. The molecule has 6 heteroatoms. The molecule has 1 aromatic carbocycles. The highest BCUT2D eigenvalue weighted by Crippen LogP contribution is 2.29. The summed E-state index contributed by atoms with van der Waals surface area (Å²) < 4.78 is 0. The second-order valence-corrected chi connectivity index (χ2v) is 6.31. The quantitative estimate of drug-likeness (QED) is 0.943. The lowest BCUT2D eigenvalue weighted by atomic mass is 10.2. The fraction of sp³-hybridized carbons (Fsp3) is 0.312. The molecular formula is C16H17N3O2S. The zero-order chi connectivity index (χ0) is 15.5. The summed E-state index contributed by atoms with van der Waals surface area (Å²) in [6.45, 7) is 2.62. The van der Waals surface area contributed by atoms with Crippen molar-refractivity contribution in [2.24, 2.45) is 0 Å². The Balaban J connectivity index is 1.74. The van der Waals surface area contributed by atoms with E-state index in [-0.39, 0.29) is 18.2 Å². The topological polar surface area (TPSA) is 62.3 Å². The molecule has 1 aliphatic heterocycles. The van der Waals surface area contributed by atoms with Gasteiger partial charge in [-0.05, 0) is 25.5 Å². The molecule has 0 atom stereocenters. The fourth-order valence-corrected chi connectivity index (χ4v) is 3.18. The van der Waals surface area contributed by atoms with Gasteiger partial charge in [-0.3, -0.25) is 9.59 Å². The van der Waals surface area contributed by atoms with E-state index >= 15 is 0 Å². The Morgan fingerprint density at radius 1 is 1.41 bits per heavy atom. The van der Waals surface area contributed by atoms with E-state index in [2.05, 4.69) is 10.3 Å². The minimum Gasteiger partial charge on any atom is -0.324 e. The number of aryl methyl sites for hydroxylation is 1. The molecule has 22 heavy (non-hydrogen) atoms. The van der Waals surface area contributed by atoms with Gasteiger partial charge < -0.3 is 10.2 Å². The smallest absolute Gasteiger partial charge is 0.230 e. The second-order valence-electron chi connectivity index (χ2n) is 5.25. The first-order valence-electron chi connectivity index (χ1n) is 7.24. The van der Waals surface area contributed by atoms with E-state index < -0.39 is 0 Å². The molecule has 1 fully saturated rings. The highest BCUT2D eigenvalue weighted by molar-refractivity contribution is 7.09. The number of carbonyl (C=O) groups is 2. The minimum atomic E-state index is -0.121. The van der Waals surface area contributed by atoms with Gasteiger partial charge in [0.2, 0.25) is 11.8 Å². The summed E-state index contributed by atoms with van der Waals surface area (Å²) in [6.07, 6.45) is 1.67. The van der Waals surface area contributed by atoms with E-state index in [9.17, 15) is 9.59 Å². The van der Waals surface area contributed by atoms with Crippen molar-refractivity contribution in [2.75, 3.05) is 16.8 Å².